The molecule has 0 heterocycles. The highest BCUT2D eigenvalue weighted by molar-refractivity contribution is 7.87. The van der Waals surface area contributed by atoms with Crippen LogP contribution in [0.2, 0.25) is 0 Å². The molecule has 0 saturated heterocycles. The Hall–Kier alpha value is -2.72. The van der Waals surface area contributed by atoms with Gasteiger partial charge in [-0.3, -0.25) is 8.57 Å². The summed E-state index contributed by atoms with van der Waals surface area (Å²) in [6.45, 7) is 3.19. The molecule has 0 radical (unpaired) electrons. The van der Waals surface area contributed by atoms with E-state index in [1.165, 1.54) is 24.3 Å². The van der Waals surface area contributed by atoms with Crippen molar-refractivity contribution in [3.05, 3.63) is 60.7 Å². The van der Waals surface area contributed by atoms with Gasteiger partial charge in [-0.05, 0) is 51.0 Å². The van der Waals surface area contributed by atoms with Crippen LogP contribution in [0.1, 0.15) is 26.7 Å². The van der Waals surface area contributed by atoms with Crippen molar-refractivity contribution in [2.24, 2.45) is 10.3 Å². The van der Waals surface area contributed by atoms with Crippen molar-refractivity contribution in [3.8, 4) is 0 Å². The highest BCUT2D eigenvalue weighted by Crippen LogP contribution is 2.13. The third-order valence-electron chi connectivity index (χ3n) is 3.49. The van der Waals surface area contributed by atoms with Crippen LogP contribution in [0.4, 0.5) is 0 Å². The third-order valence-corrected chi connectivity index (χ3v) is 5.74. The van der Waals surface area contributed by atoms with Gasteiger partial charge in [0.15, 0.2) is 0 Å². The van der Waals surface area contributed by atoms with Crippen LogP contribution in [0.15, 0.2) is 80.8 Å². The van der Waals surface area contributed by atoms with E-state index >= 15 is 0 Å². The zero-order valence-electron chi connectivity index (χ0n) is 15.3. The van der Waals surface area contributed by atoms with Crippen molar-refractivity contribution in [1.82, 2.24) is 0 Å². The minimum atomic E-state index is -3.98. The van der Waals surface area contributed by atoms with Gasteiger partial charge in [-0.15, -0.1) is 0 Å². The zero-order valence-corrected chi connectivity index (χ0v) is 17.0. The first-order valence-corrected chi connectivity index (χ1v) is 11.1. The molecule has 0 saturated carbocycles. The minimum Gasteiger partial charge on any atom is -0.265 e. The molecule has 0 unspecified atom stereocenters. The molecule has 10 heteroatoms. The first-order chi connectivity index (χ1) is 13.2. The Labute approximate surface area is 164 Å². The smallest absolute Gasteiger partial charge is 0.265 e. The summed E-state index contributed by atoms with van der Waals surface area (Å²) < 4.78 is 57.3. The fourth-order valence-electron chi connectivity index (χ4n) is 1.94. The molecule has 0 aliphatic carbocycles. The first kappa shape index (κ1) is 21.6. The molecule has 2 aromatic carbocycles. The van der Waals surface area contributed by atoms with Crippen LogP contribution in [0, 0.1) is 0 Å². The van der Waals surface area contributed by atoms with Gasteiger partial charge in [0, 0.05) is 0 Å². The summed E-state index contributed by atoms with van der Waals surface area (Å²) >= 11 is 0. The molecule has 0 atom stereocenters. The average molecular weight is 425 g/mol. The maximum Gasteiger partial charge on any atom is 0.358 e. The zero-order chi connectivity index (χ0) is 20.6. The van der Waals surface area contributed by atoms with Crippen molar-refractivity contribution in [1.29, 1.82) is 0 Å². The van der Waals surface area contributed by atoms with Crippen molar-refractivity contribution < 1.29 is 25.4 Å². The minimum absolute atomic E-state index is 0.00353. The van der Waals surface area contributed by atoms with E-state index in [9.17, 15) is 16.8 Å². The van der Waals surface area contributed by atoms with Gasteiger partial charge in [-0.25, -0.2) is 0 Å². The predicted octanol–water partition coefficient (Wildman–Crippen LogP) is 3.33. The molecule has 0 aliphatic heterocycles. The molecule has 2 rings (SSSR count). The van der Waals surface area contributed by atoms with Crippen molar-refractivity contribution in [2.75, 3.05) is 0 Å². The van der Waals surface area contributed by atoms with E-state index in [0.29, 0.717) is 24.3 Å². The third kappa shape index (κ3) is 6.46. The van der Waals surface area contributed by atoms with Gasteiger partial charge >= 0.3 is 20.2 Å². The summed E-state index contributed by atoms with van der Waals surface area (Å²) in [5.41, 5.74) is 0.806. The standard InChI is InChI=1S/C18H20N2O6S2/c1-15(19-25-27(21,22)17-9-5-3-6-10-17)13-14-16(2)20-26-28(23,24)18-11-7-4-8-12-18/h3-12H,13-14H2,1-2H3/b19-15+,20-16+. The lowest BCUT2D eigenvalue weighted by Gasteiger charge is -2.04. The van der Waals surface area contributed by atoms with E-state index < -0.39 is 20.2 Å². The second kappa shape index (κ2) is 9.47. The predicted molar refractivity (Wildman–Crippen MR) is 105 cm³/mol. The van der Waals surface area contributed by atoms with Crippen molar-refractivity contribution in [2.45, 2.75) is 36.5 Å². The van der Waals surface area contributed by atoms with E-state index in [0.717, 1.165) is 0 Å². The van der Waals surface area contributed by atoms with Gasteiger partial charge in [0.2, 0.25) is 0 Å². The molecular weight excluding hydrogens is 404 g/mol. The maximum atomic E-state index is 12.0. The van der Waals surface area contributed by atoms with Crippen LogP contribution in [-0.4, -0.2) is 28.3 Å². The molecule has 0 N–H and O–H groups in total. The molecule has 0 aromatic heterocycles. The monoisotopic (exact) mass is 424 g/mol. The number of benzene rings is 2. The van der Waals surface area contributed by atoms with E-state index in [1.807, 2.05) is 0 Å². The molecule has 28 heavy (non-hydrogen) atoms. The van der Waals surface area contributed by atoms with Crippen LogP contribution >= 0.6 is 0 Å². The van der Waals surface area contributed by atoms with Crippen LogP contribution in [0.25, 0.3) is 0 Å². The largest absolute Gasteiger partial charge is 0.358 e. The van der Waals surface area contributed by atoms with Crippen molar-refractivity contribution >= 4 is 31.7 Å². The van der Waals surface area contributed by atoms with Crippen LogP contribution in [0.5, 0.6) is 0 Å². The number of hydrogen-bond donors (Lipinski definition) is 0. The summed E-state index contributed by atoms with van der Waals surface area (Å²) in [5, 5.41) is 7.23. The summed E-state index contributed by atoms with van der Waals surface area (Å²) in [7, 11) is -7.95. The van der Waals surface area contributed by atoms with Crippen LogP contribution < -0.4 is 0 Å². The van der Waals surface area contributed by atoms with Gasteiger partial charge in [0.1, 0.15) is 9.79 Å². The number of rotatable bonds is 9. The topological polar surface area (TPSA) is 111 Å². The molecule has 8 nitrogen and oxygen atoms in total. The molecule has 0 bridgehead atoms. The molecule has 0 fully saturated rings. The fourth-order valence-corrected chi connectivity index (χ4v) is 3.54. The lowest BCUT2D eigenvalue weighted by atomic mass is 10.2. The summed E-state index contributed by atoms with van der Waals surface area (Å²) in [4.78, 5) is 0.00706. The van der Waals surface area contributed by atoms with Crippen LogP contribution in [-0.2, 0) is 28.8 Å². The Kier molecular flexibility index (Phi) is 7.30. The van der Waals surface area contributed by atoms with Gasteiger partial charge in [-0.2, -0.15) is 16.8 Å². The molecule has 0 aliphatic rings. The average Bonchev–Trinajstić information content (AvgIpc) is 2.70. The normalized spacial score (nSPS) is 13.2. The lowest BCUT2D eigenvalue weighted by Crippen LogP contribution is -2.06. The van der Waals surface area contributed by atoms with Gasteiger partial charge in [0.05, 0.1) is 11.4 Å². The van der Waals surface area contributed by atoms with Gasteiger partial charge in [-0.1, -0.05) is 46.7 Å². The molecule has 2 aromatic rings. The Morgan fingerprint density at radius 1 is 0.679 bits per heavy atom. The molecule has 150 valence electrons. The molecule has 0 spiro atoms. The second-order valence-corrected chi connectivity index (χ2v) is 8.89. The second-order valence-electron chi connectivity index (χ2n) is 5.84. The summed E-state index contributed by atoms with van der Waals surface area (Å²) in [6, 6.07) is 15.3. The Morgan fingerprint density at radius 2 is 1.00 bits per heavy atom. The number of oxime groups is 2. The SMILES string of the molecule is C/C(CC/C(C)=N/OS(=O)(=O)c1ccccc1)=N\OS(=O)(=O)c1ccccc1. The fraction of sp³-hybridized carbons (Fsp3) is 0.222. The Morgan fingerprint density at radius 3 is 1.32 bits per heavy atom. The lowest BCUT2D eigenvalue weighted by molar-refractivity contribution is 0.335. The number of nitrogens with zero attached hydrogens (tertiary/aromatic N) is 2. The van der Waals surface area contributed by atoms with Gasteiger partial charge < -0.3 is 0 Å². The summed E-state index contributed by atoms with van der Waals surface area (Å²) in [6.07, 6.45) is 0.628. The van der Waals surface area contributed by atoms with E-state index in [1.54, 1.807) is 50.2 Å². The molecular formula is C18H20N2O6S2. The van der Waals surface area contributed by atoms with E-state index in [4.69, 9.17) is 0 Å². The Bertz CT molecular complexity index is 960. The van der Waals surface area contributed by atoms with E-state index in [2.05, 4.69) is 18.9 Å². The maximum absolute atomic E-state index is 12.0. The van der Waals surface area contributed by atoms with Crippen molar-refractivity contribution in [3.63, 3.8) is 0 Å². The molecule has 0 amide bonds. The highest BCUT2D eigenvalue weighted by Gasteiger charge is 2.16. The Balaban J connectivity index is 1.90. The van der Waals surface area contributed by atoms with Crippen LogP contribution in [0.3, 0.4) is 0 Å². The summed E-state index contributed by atoms with van der Waals surface area (Å²) in [5.74, 6) is 0. The highest BCUT2D eigenvalue weighted by atomic mass is 32.2. The number of hydrogen-bond acceptors (Lipinski definition) is 8. The first-order valence-electron chi connectivity index (χ1n) is 8.25. The van der Waals surface area contributed by atoms with Gasteiger partial charge in [0.25, 0.3) is 0 Å². The van der Waals surface area contributed by atoms with E-state index in [-0.39, 0.29) is 9.79 Å². The quantitative estimate of drug-likeness (QED) is 0.451.